The Balaban J connectivity index is 1.42. The molecule has 0 unspecified atom stereocenters. The fraction of sp³-hybridized carbons (Fsp3) is 0. The van der Waals surface area contributed by atoms with Crippen LogP contribution >= 0.6 is 15.9 Å². The highest BCUT2D eigenvalue weighted by Crippen LogP contribution is 2.37. The van der Waals surface area contributed by atoms with Gasteiger partial charge in [0, 0.05) is 37.3 Å². The van der Waals surface area contributed by atoms with E-state index in [1.807, 2.05) is 12.1 Å². The smallest absolute Gasteiger partial charge is 0.143 e. The molecule has 0 aliphatic rings. The highest BCUT2D eigenvalue weighted by molar-refractivity contribution is 9.10. The molecule has 2 heterocycles. The maximum atomic E-state index is 6.26. The zero-order valence-electron chi connectivity index (χ0n) is 17.6. The van der Waals surface area contributed by atoms with Gasteiger partial charge in [0.2, 0.25) is 0 Å². The highest BCUT2D eigenvalue weighted by Gasteiger charge is 2.14. The first-order chi connectivity index (χ1) is 16.3. The molecule has 3 heteroatoms. The molecule has 7 aromatic rings. The van der Waals surface area contributed by atoms with Crippen LogP contribution in [0.5, 0.6) is 0 Å². The van der Waals surface area contributed by atoms with Gasteiger partial charge in [0.05, 0.1) is 11.0 Å². The van der Waals surface area contributed by atoms with Gasteiger partial charge < -0.3 is 8.98 Å². The van der Waals surface area contributed by atoms with E-state index in [0.717, 1.165) is 43.2 Å². The van der Waals surface area contributed by atoms with Crippen LogP contribution in [-0.2, 0) is 0 Å². The van der Waals surface area contributed by atoms with E-state index in [2.05, 4.69) is 118 Å². The average molecular weight is 488 g/mol. The third-order valence-electron chi connectivity index (χ3n) is 6.48. The quantitative estimate of drug-likeness (QED) is 0.237. The SMILES string of the molecule is Brc1ccc2c(c1)c1ccccc1n2-c1ccc(-c2cccc3c2oc2ccccc23)cc1. The van der Waals surface area contributed by atoms with Crippen LogP contribution in [-0.4, -0.2) is 4.57 Å². The molecule has 0 aliphatic heterocycles. The van der Waals surface area contributed by atoms with Gasteiger partial charge in [-0.25, -0.2) is 0 Å². The molecule has 0 atom stereocenters. The topological polar surface area (TPSA) is 18.1 Å². The number of hydrogen-bond donors (Lipinski definition) is 0. The Morgan fingerprint density at radius 1 is 0.576 bits per heavy atom. The van der Waals surface area contributed by atoms with Gasteiger partial charge in [-0.2, -0.15) is 0 Å². The van der Waals surface area contributed by atoms with Gasteiger partial charge in [0.25, 0.3) is 0 Å². The molecule has 0 fully saturated rings. The minimum Gasteiger partial charge on any atom is -0.455 e. The Morgan fingerprint density at radius 2 is 1.30 bits per heavy atom. The molecule has 0 saturated carbocycles. The van der Waals surface area contributed by atoms with E-state index in [9.17, 15) is 0 Å². The van der Waals surface area contributed by atoms with E-state index in [4.69, 9.17) is 4.42 Å². The first-order valence-electron chi connectivity index (χ1n) is 11.0. The lowest BCUT2D eigenvalue weighted by Gasteiger charge is -2.09. The molecule has 5 aromatic carbocycles. The van der Waals surface area contributed by atoms with E-state index >= 15 is 0 Å². The number of aromatic nitrogens is 1. The number of para-hydroxylation sites is 3. The zero-order valence-corrected chi connectivity index (χ0v) is 19.2. The molecule has 0 N–H and O–H groups in total. The summed E-state index contributed by atoms with van der Waals surface area (Å²) in [5, 5.41) is 4.81. The Hall–Kier alpha value is -3.82. The van der Waals surface area contributed by atoms with Crippen molar-refractivity contribution in [2.75, 3.05) is 0 Å². The summed E-state index contributed by atoms with van der Waals surface area (Å²) in [5.74, 6) is 0. The molecule has 2 nitrogen and oxygen atoms in total. The van der Waals surface area contributed by atoms with Crippen molar-refractivity contribution in [3.05, 3.63) is 114 Å². The molecule has 7 rings (SSSR count). The summed E-state index contributed by atoms with van der Waals surface area (Å²) < 4.78 is 9.68. The third kappa shape index (κ3) is 2.79. The van der Waals surface area contributed by atoms with Gasteiger partial charge in [0.1, 0.15) is 11.2 Å². The molecule has 0 saturated heterocycles. The van der Waals surface area contributed by atoms with Gasteiger partial charge in [0.15, 0.2) is 0 Å². The summed E-state index contributed by atoms with van der Waals surface area (Å²) >= 11 is 3.63. The number of fused-ring (bicyclic) bond motifs is 6. The van der Waals surface area contributed by atoms with Crippen molar-refractivity contribution < 1.29 is 4.42 Å². The standard InChI is InChI=1S/C30H18BrNO/c31-20-14-17-28-26(18-20)23-6-1-3-10-27(23)32(28)21-15-12-19(13-16-21)22-8-5-9-25-24-7-2-4-11-29(24)33-30(22)25/h1-18H. The lowest BCUT2D eigenvalue weighted by Crippen LogP contribution is -1.93. The molecule has 33 heavy (non-hydrogen) atoms. The van der Waals surface area contributed by atoms with Crippen LogP contribution in [0.3, 0.4) is 0 Å². The van der Waals surface area contributed by atoms with Gasteiger partial charge >= 0.3 is 0 Å². The predicted octanol–water partition coefficient (Wildman–Crippen LogP) is 9.11. The Kier molecular flexibility index (Phi) is 4.02. The number of furan rings is 1. The van der Waals surface area contributed by atoms with Crippen LogP contribution in [0, 0.1) is 0 Å². The van der Waals surface area contributed by atoms with Crippen molar-refractivity contribution in [1.82, 2.24) is 4.57 Å². The number of halogens is 1. The van der Waals surface area contributed by atoms with Crippen molar-refractivity contribution in [3.63, 3.8) is 0 Å². The van der Waals surface area contributed by atoms with Gasteiger partial charge in [-0.05, 0) is 48.0 Å². The second-order valence-electron chi connectivity index (χ2n) is 8.34. The van der Waals surface area contributed by atoms with Gasteiger partial charge in [-0.3, -0.25) is 0 Å². The van der Waals surface area contributed by atoms with Gasteiger partial charge in [-0.15, -0.1) is 0 Å². The van der Waals surface area contributed by atoms with Crippen molar-refractivity contribution in [2.45, 2.75) is 0 Å². The van der Waals surface area contributed by atoms with E-state index < -0.39 is 0 Å². The van der Waals surface area contributed by atoms with Crippen molar-refractivity contribution in [2.24, 2.45) is 0 Å². The highest BCUT2D eigenvalue weighted by atomic mass is 79.9. The molecule has 0 radical (unpaired) electrons. The molecule has 156 valence electrons. The summed E-state index contributed by atoms with van der Waals surface area (Å²) in [6.45, 7) is 0. The summed E-state index contributed by atoms with van der Waals surface area (Å²) in [4.78, 5) is 0. The largest absolute Gasteiger partial charge is 0.455 e. The van der Waals surface area contributed by atoms with Crippen molar-refractivity contribution in [1.29, 1.82) is 0 Å². The molecular weight excluding hydrogens is 470 g/mol. The Bertz CT molecular complexity index is 1820. The zero-order chi connectivity index (χ0) is 21.9. The normalized spacial score (nSPS) is 11.8. The molecule has 0 aliphatic carbocycles. The number of benzene rings is 5. The summed E-state index contributed by atoms with van der Waals surface area (Å²) in [5.41, 5.74) is 7.67. The fourth-order valence-corrected chi connectivity index (χ4v) is 5.35. The Morgan fingerprint density at radius 3 is 2.18 bits per heavy atom. The molecule has 0 spiro atoms. The van der Waals surface area contributed by atoms with E-state index in [1.54, 1.807) is 0 Å². The van der Waals surface area contributed by atoms with Crippen LogP contribution in [0.25, 0.3) is 60.6 Å². The summed E-state index contributed by atoms with van der Waals surface area (Å²) in [6, 6.07) is 38.5. The minimum absolute atomic E-state index is 0.924. The summed E-state index contributed by atoms with van der Waals surface area (Å²) in [6.07, 6.45) is 0. The van der Waals surface area contributed by atoms with Crippen LogP contribution in [0.15, 0.2) is 118 Å². The number of nitrogens with zero attached hydrogens (tertiary/aromatic N) is 1. The maximum Gasteiger partial charge on any atom is 0.143 e. The van der Waals surface area contributed by atoms with Crippen LogP contribution < -0.4 is 0 Å². The summed E-state index contributed by atoms with van der Waals surface area (Å²) in [7, 11) is 0. The predicted molar refractivity (Wildman–Crippen MR) is 141 cm³/mol. The lowest BCUT2D eigenvalue weighted by atomic mass is 10.0. The van der Waals surface area contributed by atoms with E-state index in [1.165, 1.54) is 21.8 Å². The average Bonchev–Trinajstić information content (AvgIpc) is 3.40. The molecule has 2 aromatic heterocycles. The monoisotopic (exact) mass is 487 g/mol. The second kappa shape index (κ2) is 7.09. The second-order valence-corrected chi connectivity index (χ2v) is 9.26. The first kappa shape index (κ1) is 18.7. The molecule has 0 amide bonds. The van der Waals surface area contributed by atoms with Crippen LogP contribution in [0.4, 0.5) is 0 Å². The van der Waals surface area contributed by atoms with Gasteiger partial charge in [-0.1, -0.05) is 82.7 Å². The molecule has 0 bridgehead atoms. The van der Waals surface area contributed by atoms with Crippen molar-refractivity contribution >= 4 is 59.7 Å². The first-order valence-corrected chi connectivity index (χ1v) is 11.8. The molecular formula is C30H18BrNO. The van der Waals surface area contributed by atoms with Crippen LogP contribution in [0.1, 0.15) is 0 Å². The fourth-order valence-electron chi connectivity index (χ4n) is 4.99. The van der Waals surface area contributed by atoms with E-state index in [-0.39, 0.29) is 0 Å². The number of rotatable bonds is 2. The van der Waals surface area contributed by atoms with E-state index in [0.29, 0.717) is 0 Å². The lowest BCUT2D eigenvalue weighted by molar-refractivity contribution is 0.670. The number of hydrogen-bond acceptors (Lipinski definition) is 1. The Labute approximate surface area is 198 Å². The minimum atomic E-state index is 0.924. The van der Waals surface area contributed by atoms with Crippen molar-refractivity contribution in [3.8, 4) is 16.8 Å². The van der Waals surface area contributed by atoms with Crippen LogP contribution in [0.2, 0.25) is 0 Å². The maximum absolute atomic E-state index is 6.26. The third-order valence-corrected chi connectivity index (χ3v) is 6.97.